The molecule has 1 N–H and O–H groups in total. The Bertz CT molecular complexity index is 997. The maximum atomic E-state index is 10.6. The Morgan fingerprint density at radius 2 is 1.15 bits per heavy atom. The van der Waals surface area contributed by atoms with Crippen LogP contribution < -0.4 is 4.74 Å². The van der Waals surface area contributed by atoms with Crippen molar-refractivity contribution in [2.75, 3.05) is 21.0 Å². The van der Waals surface area contributed by atoms with Gasteiger partial charge in [-0.1, -0.05) is 139 Å². The van der Waals surface area contributed by atoms with E-state index in [0.29, 0.717) is 32.5 Å². The molecule has 272 valence electrons. The first kappa shape index (κ1) is 41.9. The molecule has 0 bridgehead atoms. The third-order valence-electron chi connectivity index (χ3n) is 9.05. The molecule has 0 saturated carbocycles. The van der Waals surface area contributed by atoms with Gasteiger partial charge in [0.1, 0.15) is 12.5 Å². The molecular weight excluding hydrogens is 600 g/mol. The van der Waals surface area contributed by atoms with Crippen molar-refractivity contribution in [1.82, 2.24) is 0 Å². The van der Waals surface area contributed by atoms with Crippen LogP contribution in [0.15, 0.2) is 67.3 Å². The van der Waals surface area contributed by atoms with Gasteiger partial charge < -0.3 is 28.8 Å². The Morgan fingerprint density at radius 1 is 0.625 bits per heavy atom. The quantitative estimate of drug-likeness (QED) is 0.0475. The van der Waals surface area contributed by atoms with E-state index in [1.54, 1.807) is 20.3 Å². The molecule has 0 heterocycles. The summed E-state index contributed by atoms with van der Waals surface area (Å²) in [7, 11) is 3.30. The van der Waals surface area contributed by atoms with E-state index in [1.807, 2.05) is 30.3 Å². The van der Waals surface area contributed by atoms with Crippen LogP contribution in [-0.2, 0) is 32.2 Å². The smallest absolute Gasteiger partial charge is 0.146 e. The first-order chi connectivity index (χ1) is 23.6. The van der Waals surface area contributed by atoms with Gasteiger partial charge in [0.15, 0.2) is 0 Å². The van der Waals surface area contributed by atoms with Crippen LogP contribution in [0.1, 0.15) is 134 Å². The van der Waals surface area contributed by atoms with Crippen LogP contribution in [0.5, 0.6) is 5.75 Å². The molecular formula is C42H68O6. The molecule has 0 radical (unpaired) electrons. The standard InChI is InChI=1S/C42H68O6/c1-5-7-8-9-10-11-12-13-14-15-16-17-21-25-40(46-33-36-23-19-18-20-24-36)31-42(47-34-37-26-28-39(45-4)29-27-37)32-41(48-35-44-3)30-38(43)22-6-2/h6,18-20,23-24,26-29,38,40-43H,2,5,7-17,21-22,25,30-35H2,1,3-4H3/t38-,40-,41-,42+/m1/s1. The van der Waals surface area contributed by atoms with Crippen molar-refractivity contribution in [2.45, 2.75) is 160 Å². The fourth-order valence-corrected chi connectivity index (χ4v) is 6.19. The number of unbranched alkanes of at least 4 members (excludes halogenated alkanes) is 12. The second kappa shape index (κ2) is 28.6. The molecule has 0 unspecified atom stereocenters. The Hall–Kier alpha value is -2.22. The van der Waals surface area contributed by atoms with Crippen molar-refractivity contribution in [3.8, 4) is 5.75 Å². The van der Waals surface area contributed by atoms with Crippen LogP contribution in [-0.4, -0.2) is 50.5 Å². The lowest BCUT2D eigenvalue weighted by Crippen LogP contribution is -2.31. The predicted octanol–water partition coefficient (Wildman–Crippen LogP) is 10.7. The van der Waals surface area contributed by atoms with E-state index in [4.69, 9.17) is 23.7 Å². The van der Waals surface area contributed by atoms with Gasteiger partial charge in [0.05, 0.1) is 44.7 Å². The van der Waals surface area contributed by atoms with Crippen LogP contribution in [0.2, 0.25) is 0 Å². The lowest BCUT2D eigenvalue weighted by molar-refractivity contribution is -0.110. The Morgan fingerprint density at radius 3 is 1.71 bits per heavy atom. The summed E-state index contributed by atoms with van der Waals surface area (Å²) in [4.78, 5) is 0. The fourth-order valence-electron chi connectivity index (χ4n) is 6.19. The van der Waals surface area contributed by atoms with E-state index in [1.165, 1.54) is 82.6 Å². The molecule has 0 amide bonds. The molecule has 4 atom stereocenters. The van der Waals surface area contributed by atoms with Crippen LogP contribution in [0.25, 0.3) is 0 Å². The Kier molecular flexibility index (Phi) is 25.0. The summed E-state index contributed by atoms with van der Waals surface area (Å²) in [5, 5.41) is 10.6. The number of hydrogen-bond acceptors (Lipinski definition) is 6. The highest BCUT2D eigenvalue weighted by Gasteiger charge is 2.24. The van der Waals surface area contributed by atoms with Gasteiger partial charge in [-0.3, -0.25) is 0 Å². The van der Waals surface area contributed by atoms with Crippen molar-refractivity contribution in [2.24, 2.45) is 0 Å². The highest BCUT2D eigenvalue weighted by atomic mass is 16.7. The predicted molar refractivity (Wildman–Crippen MR) is 198 cm³/mol. The number of aliphatic hydroxyl groups excluding tert-OH is 1. The van der Waals surface area contributed by atoms with E-state index in [-0.39, 0.29) is 25.1 Å². The zero-order valence-electron chi connectivity index (χ0n) is 30.6. The van der Waals surface area contributed by atoms with Crippen LogP contribution in [0.3, 0.4) is 0 Å². The van der Waals surface area contributed by atoms with Gasteiger partial charge in [0, 0.05) is 13.5 Å². The molecule has 0 aliphatic carbocycles. The number of hydrogen-bond donors (Lipinski definition) is 1. The zero-order valence-corrected chi connectivity index (χ0v) is 30.6. The monoisotopic (exact) mass is 669 g/mol. The van der Waals surface area contributed by atoms with Crippen molar-refractivity contribution in [3.05, 3.63) is 78.4 Å². The number of methoxy groups -OCH3 is 2. The second-order valence-corrected chi connectivity index (χ2v) is 13.3. The summed E-state index contributed by atoms with van der Waals surface area (Å²) < 4.78 is 29.9. The van der Waals surface area contributed by atoms with Gasteiger partial charge in [0.25, 0.3) is 0 Å². The summed E-state index contributed by atoms with van der Waals surface area (Å²) in [6.45, 7) is 7.30. The average Bonchev–Trinajstić information content (AvgIpc) is 3.11. The van der Waals surface area contributed by atoms with Crippen LogP contribution in [0.4, 0.5) is 0 Å². The van der Waals surface area contributed by atoms with Gasteiger partial charge in [-0.2, -0.15) is 0 Å². The van der Waals surface area contributed by atoms with Gasteiger partial charge >= 0.3 is 0 Å². The van der Waals surface area contributed by atoms with Crippen LogP contribution in [0, 0.1) is 0 Å². The van der Waals surface area contributed by atoms with Gasteiger partial charge in [0.2, 0.25) is 0 Å². The average molecular weight is 669 g/mol. The van der Waals surface area contributed by atoms with Gasteiger partial charge in [-0.25, -0.2) is 0 Å². The van der Waals surface area contributed by atoms with Crippen molar-refractivity contribution < 1.29 is 28.8 Å². The maximum absolute atomic E-state index is 10.6. The minimum absolute atomic E-state index is 0.0555. The Balaban J connectivity index is 1.98. The van der Waals surface area contributed by atoms with Crippen molar-refractivity contribution in [1.29, 1.82) is 0 Å². The normalized spacial score (nSPS) is 14.0. The fraction of sp³-hybridized carbons (Fsp3) is 0.667. The topological polar surface area (TPSA) is 66.4 Å². The molecule has 6 heteroatoms. The minimum atomic E-state index is -0.525. The van der Waals surface area contributed by atoms with E-state index >= 15 is 0 Å². The second-order valence-electron chi connectivity index (χ2n) is 13.3. The molecule has 48 heavy (non-hydrogen) atoms. The molecule has 2 aromatic carbocycles. The number of rotatable bonds is 32. The van der Waals surface area contributed by atoms with Gasteiger partial charge in [-0.05, 0) is 48.9 Å². The zero-order chi connectivity index (χ0) is 34.5. The molecule has 6 nitrogen and oxygen atoms in total. The molecule has 0 aliphatic rings. The molecule has 0 aliphatic heterocycles. The summed E-state index contributed by atoms with van der Waals surface area (Å²) in [5.41, 5.74) is 2.26. The first-order valence-corrected chi connectivity index (χ1v) is 18.9. The van der Waals surface area contributed by atoms with Gasteiger partial charge in [-0.15, -0.1) is 6.58 Å². The molecule has 2 aromatic rings. The van der Waals surface area contributed by atoms with E-state index in [9.17, 15) is 5.11 Å². The summed E-state index contributed by atoms with van der Waals surface area (Å²) in [5.74, 6) is 0.826. The maximum Gasteiger partial charge on any atom is 0.146 e. The molecule has 2 rings (SSSR count). The van der Waals surface area contributed by atoms with Crippen molar-refractivity contribution >= 4 is 0 Å². The lowest BCUT2D eigenvalue weighted by atomic mass is 9.97. The summed E-state index contributed by atoms with van der Waals surface area (Å²) in [6.07, 6.45) is 21.8. The number of ether oxygens (including phenoxy) is 5. The Labute approximate surface area is 293 Å². The third kappa shape index (κ3) is 21.0. The minimum Gasteiger partial charge on any atom is -0.497 e. The highest BCUT2D eigenvalue weighted by molar-refractivity contribution is 5.26. The van der Waals surface area contributed by atoms with Crippen LogP contribution >= 0.6 is 0 Å². The highest BCUT2D eigenvalue weighted by Crippen LogP contribution is 2.24. The van der Waals surface area contributed by atoms with Crippen molar-refractivity contribution in [3.63, 3.8) is 0 Å². The number of benzene rings is 2. The molecule has 0 saturated heterocycles. The van der Waals surface area contributed by atoms with E-state index in [2.05, 4.69) is 37.8 Å². The molecule has 0 spiro atoms. The third-order valence-corrected chi connectivity index (χ3v) is 9.05. The molecule has 0 fully saturated rings. The molecule has 0 aromatic heterocycles. The van der Waals surface area contributed by atoms with E-state index < -0.39 is 6.10 Å². The summed E-state index contributed by atoms with van der Waals surface area (Å²) >= 11 is 0. The lowest BCUT2D eigenvalue weighted by Gasteiger charge is -2.29. The summed E-state index contributed by atoms with van der Waals surface area (Å²) in [6, 6.07) is 18.4. The SMILES string of the molecule is C=CC[C@@H](O)C[C@H](C[C@H](C[C@@H](CCCCCCCCCCCCCCC)OCc1ccccc1)OCc1ccc(OC)cc1)OCOC. The van der Waals surface area contributed by atoms with E-state index in [0.717, 1.165) is 30.6 Å². The first-order valence-electron chi connectivity index (χ1n) is 18.9. The number of aliphatic hydroxyl groups is 1. The largest absolute Gasteiger partial charge is 0.497 e.